The van der Waals surface area contributed by atoms with Gasteiger partial charge in [-0.2, -0.15) is 0 Å². The van der Waals surface area contributed by atoms with Crippen LogP contribution in [0.4, 0.5) is 14.9 Å². The number of nitrogens with one attached hydrogen (secondary N) is 1. The van der Waals surface area contributed by atoms with Gasteiger partial charge in [0.25, 0.3) is 0 Å². The molecule has 7 nitrogen and oxygen atoms in total. The third kappa shape index (κ3) is 4.77. The van der Waals surface area contributed by atoms with Crippen LogP contribution in [-0.4, -0.2) is 54.1 Å². The molecule has 156 valence electrons. The molecule has 30 heavy (non-hydrogen) atoms. The summed E-state index contributed by atoms with van der Waals surface area (Å²) in [6, 6.07) is 13.1. The molecule has 1 aliphatic rings. The van der Waals surface area contributed by atoms with Crippen LogP contribution in [0.1, 0.15) is 5.69 Å². The average molecular weight is 410 g/mol. The molecule has 1 N–H and O–H groups in total. The van der Waals surface area contributed by atoms with E-state index in [1.165, 1.54) is 12.1 Å². The first-order valence-electron chi connectivity index (χ1n) is 9.73. The van der Waals surface area contributed by atoms with Gasteiger partial charge in [-0.15, -0.1) is 0 Å². The van der Waals surface area contributed by atoms with Gasteiger partial charge >= 0.3 is 6.03 Å². The van der Waals surface area contributed by atoms with Gasteiger partial charge in [-0.1, -0.05) is 0 Å². The van der Waals surface area contributed by atoms with Crippen molar-refractivity contribution in [1.82, 2.24) is 14.8 Å². The zero-order chi connectivity index (χ0) is 20.9. The highest BCUT2D eigenvalue weighted by Crippen LogP contribution is 2.22. The molecule has 3 aromatic rings. The van der Waals surface area contributed by atoms with Crippen LogP contribution in [0.3, 0.4) is 0 Å². The molecule has 1 aromatic heterocycles. The summed E-state index contributed by atoms with van der Waals surface area (Å²) in [5.74, 6) is 1.03. The lowest BCUT2D eigenvalue weighted by Gasteiger charge is -2.34. The second-order valence-corrected chi connectivity index (χ2v) is 7.07. The first-order chi connectivity index (χ1) is 14.6. The van der Waals surface area contributed by atoms with E-state index in [1.54, 1.807) is 30.4 Å². The summed E-state index contributed by atoms with van der Waals surface area (Å²) >= 11 is 0. The van der Waals surface area contributed by atoms with E-state index < -0.39 is 0 Å². The van der Waals surface area contributed by atoms with Crippen molar-refractivity contribution in [1.29, 1.82) is 0 Å². The fourth-order valence-electron chi connectivity index (χ4n) is 3.32. The Kier molecular flexibility index (Phi) is 5.94. The number of urea groups is 1. The van der Waals surface area contributed by atoms with E-state index in [2.05, 4.69) is 15.2 Å². The maximum atomic E-state index is 13.0. The van der Waals surface area contributed by atoms with E-state index >= 15 is 0 Å². The Balaban J connectivity index is 1.28. The quantitative estimate of drug-likeness (QED) is 0.692. The van der Waals surface area contributed by atoms with Crippen molar-refractivity contribution >= 4 is 11.7 Å². The van der Waals surface area contributed by atoms with E-state index in [4.69, 9.17) is 9.15 Å². The summed E-state index contributed by atoms with van der Waals surface area (Å²) in [4.78, 5) is 21.0. The van der Waals surface area contributed by atoms with Crippen LogP contribution in [0.15, 0.2) is 59.2 Å². The van der Waals surface area contributed by atoms with Crippen molar-refractivity contribution in [2.45, 2.75) is 6.54 Å². The number of rotatable bonds is 5. The van der Waals surface area contributed by atoms with Crippen LogP contribution in [-0.2, 0) is 6.54 Å². The van der Waals surface area contributed by atoms with Gasteiger partial charge in [0.2, 0.25) is 5.89 Å². The predicted molar refractivity (Wildman–Crippen MR) is 111 cm³/mol. The van der Waals surface area contributed by atoms with Crippen molar-refractivity contribution in [2.75, 3.05) is 38.6 Å². The number of benzene rings is 2. The molecule has 2 amide bonds. The van der Waals surface area contributed by atoms with Crippen LogP contribution in [0.2, 0.25) is 0 Å². The molecule has 0 atom stereocenters. The lowest BCUT2D eigenvalue weighted by atomic mass is 10.2. The molecule has 0 saturated carbocycles. The summed E-state index contributed by atoms with van der Waals surface area (Å²) in [5.41, 5.74) is 2.33. The molecule has 1 fully saturated rings. The zero-order valence-corrected chi connectivity index (χ0v) is 16.7. The maximum absolute atomic E-state index is 13.0. The lowest BCUT2D eigenvalue weighted by Crippen LogP contribution is -2.49. The number of amides is 2. The number of hydrogen-bond acceptors (Lipinski definition) is 5. The second-order valence-electron chi connectivity index (χ2n) is 7.07. The van der Waals surface area contributed by atoms with E-state index in [0.717, 1.165) is 30.1 Å². The number of carbonyl (C=O) groups is 1. The Morgan fingerprint density at radius 1 is 1.10 bits per heavy atom. The molecule has 0 radical (unpaired) electrons. The number of halogens is 1. The van der Waals surface area contributed by atoms with Gasteiger partial charge in [-0.25, -0.2) is 14.2 Å². The summed E-state index contributed by atoms with van der Waals surface area (Å²) in [6.07, 6.45) is 1.67. The average Bonchev–Trinajstić information content (AvgIpc) is 3.24. The minimum Gasteiger partial charge on any atom is -0.497 e. The van der Waals surface area contributed by atoms with Gasteiger partial charge in [-0.05, 0) is 48.5 Å². The summed E-state index contributed by atoms with van der Waals surface area (Å²) < 4.78 is 23.8. The van der Waals surface area contributed by atoms with Gasteiger partial charge < -0.3 is 19.4 Å². The maximum Gasteiger partial charge on any atom is 0.321 e. The SMILES string of the molecule is COc1ccc(-c2nc(CN3CCN(C(=O)Nc4ccc(F)cc4)CC3)co2)cc1. The smallest absolute Gasteiger partial charge is 0.321 e. The van der Waals surface area contributed by atoms with Gasteiger partial charge in [0.15, 0.2) is 0 Å². The van der Waals surface area contributed by atoms with E-state index in [0.29, 0.717) is 31.2 Å². The Hall–Kier alpha value is -3.39. The highest BCUT2D eigenvalue weighted by Gasteiger charge is 2.22. The Bertz CT molecular complexity index is 980. The predicted octanol–water partition coefficient (Wildman–Crippen LogP) is 3.84. The highest BCUT2D eigenvalue weighted by atomic mass is 19.1. The molecule has 0 spiro atoms. The van der Waals surface area contributed by atoms with Crippen LogP contribution >= 0.6 is 0 Å². The van der Waals surface area contributed by atoms with Gasteiger partial charge in [0.05, 0.1) is 12.8 Å². The normalized spacial score (nSPS) is 14.5. The van der Waals surface area contributed by atoms with Crippen LogP contribution in [0.5, 0.6) is 5.75 Å². The monoisotopic (exact) mass is 410 g/mol. The number of nitrogens with zero attached hydrogens (tertiary/aromatic N) is 3. The highest BCUT2D eigenvalue weighted by molar-refractivity contribution is 5.89. The largest absolute Gasteiger partial charge is 0.497 e. The fraction of sp³-hybridized carbons (Fsp3) is 0.273. The summed E-state index contributed by atoms with van der Waals surface area (Å²) in [5, 5.41) is 2.80. The Morgan fingerprint density at radius 2 is 1.80 bits per heavy atom. The van der Waals surface area contributed by atoms with Crippen molar-refractivity contribution < 1.29 is 18.3 Å². The van der Waals surface area contributed by atoms with E-state index in [1.807, 2.05) is 24.3 Å². The number of methoxy groups -OCH3 is 1. The van der Waals surface area contributed by atoms with Crippen LogP contribution in [0.25, 0.3) is 11.5 Å². The van der Waals surface area contributed by atoms with Gasteiger partial charge in [0.1, 0.15) is 17.8 Å². The number of piperazine rings is 1. The molecule has 0 unspecified atom stereocenters. The van der Waals surface area contributed by atoms with Gasteiger partial charge in [-0.3, -0.25) is 4.90 Å². The molecule has 1 aliphatic heterocycles. The molecule has 8 heteroatoms. The zero-order valence-electron chi connectivity index (χ0n) is 16.7. The summed E-state index contributed by atoms with van der Waals surface area (Å²) in [7, 11) is 1.63. The van der Waals surface area contributed by atoms with Crippen molar-refractivity contribution in [3.8, 4) is 17.2 Å². The lowest BCUT2D eigenvalue weighted by molar-refractivity contribution is 0.142. The number of aromatic nitrogens is 1. The van der Waals surface area contributed by atoms with E-state index in [-0.39, 0.29) is 11.8 Å². The Labute approximate surface area is 174 Å². The minimum atomic E-state index is -0.329. The van der Waals surface area contributed by atoms with Gasteiger partial charge in [0, 0.05) is 44.0 Å². The summed E-state index contributed by atoms with van der Waals surface area (Å²) in [6.45, 7) is 3.35. The molecular weight excluding hydrogens is 387 g/mol. The number of hydrogen-bond donors (Lipinski definition) is 1. The number of oxazole rings is 1. The third-order valence-corrected chi connectivity index (χ3v) is 5.03. The second kappa shape index (κ2) is 8.96. The standard InChI is InChI=1S/C22H23FN4O3/c1-29-20-8-2-16(3-9-20)21-24-19(15-30-21)14-26-10-12-27(13-11-26)22(28)25-18-6-4-17(23)5-7-18/h2-9,15H,10-14H2,1H3,(H,25,28). The number of ether oxygens (including phenoxy) is 1. The molecule has 2 aromatic carbocycles. The number of carbonyl (C=O) groups excluding carboxylic acids is 1. The topological polar surface area (TPSA) is 70.8 Å². The first kappa shape index (κ1) is 19.9. The van der Waals surface area contributed by atoms with Crippen molar-refractivity contribution in [2.24, 2.45) is 0 Å². The van der Waals surface area contributed by atoms with Crippen molar-refractivity contribution in [3.05, 3.63) is 66.3 Å². The molecule has 0 aliphatic carbocycles. The minimum absolute atomic E-state index is 0.176. The van der Waals surface area contributed by atoms with Crippen LogP contribution in [0, 0.1) is 5.82 Å². The van der Waals surface area contributed by atoms with Crippen LogP contribution < -0.4 is 10.1 Å². The fourth-order valence-corrected chi connectivity index (χ4v) is 3.32. The molecule has 2 heterocycles. The molecular formula is C22H23FN4O3. The first-order valence-corrected chi connectivity index (χ1v) is 9.73. The Morgan fingerprint density at radius 3 is 2.47 bits per heavy atom. The van der Waals surface area contributed by atoms with Crippen molar-refractivity contribution in [3.63, 3.8) is 0 Å². The number of anilines is 1. The van der Waals surface area contributed by atoms with E-state index in [9.17, 15) is 9.18 Å². The molecule has 4 rings (SSSR count). The molecule has 0 bridgehead atoms. The third-order valence-electron chi connectivity index (χ3n) is 5.03. The molecule has 1 saturated heterocycles.